The van der Waals surface area contributed by atoms with Crippen LogP contribution in [0.5, 0.6) is 0 Å². The largest absolute Gasteiger partial charge is 0.519 e. The Labute approximate surface area is 61.2 Å². The van der Waals surface area contributed by atoms with Gasteiger partial charge in [0.05, 0.1) is 0 Å². The van der Waals surface area contributed by atoms with Crippen LogP contribution < -0.4 is 5.82 Å². The number of carboxylic acids is 1. The van der Waals surface area contributed by atoms with Crippen LogP contribution in [0.3, 0.4) is 0 Å². The second kappa shape index (κ2) is 2.61. The maximum Gasteiger partial charge on any atom is 0.519 e. The third-order valence-electron chi connectivity index (χ3n) is 1.16. The highest BCUT2D eigenvalue weighted by Gasteiger charge is 2.17. The Morgan fingerprint density at radius 1 is 1.55 bits per heavy atom. The quantitative estimate of drug-likeness (QED) is 0.677. The number of aryl methyl sites for hydroxylation is 1. The molecule has 0 saturated heterocycles. The lowest BCUT2D eigenvalue weighted by Gasteiger charge is -1.86. The molecule has 0 fully saturated rings. The molecule has 0 bridgehead atoms. The Kier molecular flexibility index (Phi) is 1.80. The Morgan fingerprint density at radius 2 is 2.18 bits per heavy atom. The summed E-state index contributed by atoms with van der Waals surface area (Å²) >= 11 is 0. The summed E-state index contributed by atoms with van der Waals surface area (Å²) in [5, 5.41) is 8.42. The molecule has 5 heteroatoms. The van der Waals surface area contributed by atoms with Crippen LogP contribution in [-0.2, 0) is 6.42 Å². The number of hydrogen-bond acceptors (Lipinski definition) is 4. The maximum absolute atomic E-state index is 10.4. The summed E-state index contributed by atoms with van der Waals surface area (Å²) in [6.07, 6.45) is 0.327. The van der Waals surface area contributed by atoms with Gasteiger partial charge >= 0.3 is 11.8 Å². The number of carboxylic acid groups (broad SMARTS) is 1. The average molecular weight is 158 g/mol. The van der Waals surface area contributed by atoms with Crippen LogP contribution in [0.25, 0.3) is 0 Å². The highest BCUT2D eigenvalue weighted by Crippen LogP contribution is 2.06. The Bertz CT molecular complexity index is 318. The summed E-state index contributed by atoms with van der Waals surface area (Å²) in [5.41, 5.74) is 0. The fourth-order valence-electron chi connectivity index (χ4n) is 0.704. The Hall–Kier alpha value is -1.52. The van der Waals surface area contributed by atoms with Crippen LogP contribution in [0.4, 0.5) is 0 Å². The normalized spacial score (nSPS) is 9.91. The number of carbonyl (C=O) groups is 1. The molecule has 1 aromatic heterocycles. The van der Waals surface area contributed by atoms with E-state index >= 15 is 0 Å². The van der Waals surface area contributed by atoms with Crippen molar-refractivity contribution < 1.29 is 18.7 Å². The fourth-order valence-corrected chi connectivity index (χ4v) is 0.704. The zero-order valence-corrected chi connectivity index (χ0v) is 5.79. The van der Waals surface area contributed by atoms with Gasteiger partial charge in [-0.25, -0.2) is 9.59 Å². The van der Waals surface area contributed by atoms with Gasteiger partial charge < -0.3 is 13.9 Å². The molecule has 1 aromatic rings. The lowest BCUT2D eigenvalue weighted by Crippen LogP contribution is -1.97. The molecule has 0 spiro atoms. The Balaban J connectivity index is 3.23. The maximum atomic E-state index is 10.4. The molecular formula is C6H6O5. The number of rotatable bonds is 2. The first-order valence-corrected chi connectivity index (χ1v) is 3.01. The van der Waals surface area contributed by atoms with E-state index < -0.39 is 17.6 Å². The zero-order chi connectivity index (χ0) is 8.43. The van der Waals surface area contributed by atoms with E-state index in [9.17, 15) is 9.59 Å². The highest BCUT2D eigenvalue weighted by atomic mass is 16.6. The molecule has 1 N–H and O–H groups in total. The van der Waals surface area contributed by atoms with Crippen molar-refractivity contribution in [1.82, 2.24) is 0 Å². The molecule has 0 aliphatic heterocycles. The van der Waals surface area contributed by atoms with E-state index in [1.54, 1.807) is 6.92 Å². The van der Waals surface area contributed by atoms with Crippen molar-refractivity contribution in [2.24, 2.45) is 0 Å². The summed E-state index contributed by atoms with van der Waals surface area (Å²) in [6, 6.07) is 0. The minimum Gasteiger partial charge on any atom is -0.475 e. The zero-order valence-electron chi connectivity index (χ0n) is 5.79. The minimum absolute atomic E-state index is 0.0718. The second-order valence-electron chi connectivity index (χ2n) is 1.87. The van der Waals surface area contributed by atoms with Crippen LogP contribution in [0.15, 0.2) is 13.6 Å². The van der Waals surface area contributed by atoms with Crippen molar-refractivity contribution >= 4 is 5.97 Å². The van der Waals surface area contributed by atoms with Crippen molar-refractivity contribution in [3.63, 3.8) is 0 Å². The van der Waals surface area contributed by atoms with Crippen LogP contribution in [-0.4, -0.2) is 11.1 Å². The van der Waals surface area contributed by atoms with E-state index in [1.807, 2.05) is 0 Å². The van der Waals surface area contributed by atoms with Gasteiger partial charge in [0.2, 0.25) is 0 Å². The predicted molar refractivity (Wildman–Crippen MR) is 33.6 cm³/mol. The topological polar surface area (TPSA) is 80.7 Å². The second-order valence-corrected chi connectivity index (χ2v) is 1.87. The van der Waals surface area contributed by atoms with Gasteiger partial charge in [0, 0.05) is 6.42 Å². The predicted octanol–water partition coefficient (Wildman–Crippen LogP) is 0.493. The average Bonchev–Trinajstić information content (AvgIpc) is 2.30. The number of hydrogen-bond donors (Lipinski definition) is 1. The third-order valence-corrected chi connectivity index (χ3v) is 1.16. The van der Waals surface area contributed by atoms with Crippen LogP contribution in [0.2, 0.25) is 0 Å². The number of aromatic carboxylic acids is 1. The summed E-state index contributed by atoms with van der Waals surface area (Å²) in [4.78, 5) is 20.7. The van der Waals surface area contributed by atoms with Gasteiger partial charge in [-0.15, -0.1) is 0 Å². The van der Waals surface area contributed by atoms with Crippen molar-refractivity contribution in [2.45, 2.75) is 13.3 Å². The summed E-state index contributed by atoms with van der Waals surface area (Å²) in [7, 11) is 0. The minimum atomic E-state index is -1.28. The van der Waals surface area contributed by atoms with Gasteiger partial charge in [0.25, 0.3) is 5.76 Å². The third kappa shape index (κ3) is 1.31. The molecule has 0 unspecified atom stereocenters. The molecule has 0 atom stereocenters. The van der Waals surface area contributed by atoms with Gasteiger partial charge in [-0.3, -0.25) is 0 Å². The first-order chi connectivity index (χ1) is 5.15. The molecule has 0 saturated carbocycles. The van der Waals surface area contributed by atoms with Gasteiger partial charge in [0.15, 0.2) is 5.76 Å². The summed E-state index contributed by atoms with van der Waals surface area (Å²) in [6.45, 7) is 1.67. The molecule has 60 valence electrons. The molecular weight excluding hydrogens is 152 g/mol. The molecule has 0 radical (unpaired) electrons. The van der Waals surface area contributed by atoms with Gasteiger partial charge in [-0.05, 0) is 0 Å². The van der Waals surface area contributed by atoms with Crippen molar-refractivity contribution in [1.29, 1.82) is 0 Å². The van der Waals surface area contributed by atoms with E-state index in [2.05, 4.69) is 8.83 Å². The monoisotopic (exact) mass is 158 g/mol. The van der Waals surface area contributed by atoms with Crippen molar-refractivity contribution in [3.05, 3.63) is 22.1 Å². The highest BCUT2D eigenvalue weighted by molar-refractivity contribution is 5.85. The van der Waals surface area contributed by atoms with Crippen molar-refractivity contribution in [3.8, 4) is 0 Å². The van der Waals surface area contributed by atoms with Crippen molar-refractivity contribution in [2.75, 3.05) is 0 Å². The molecule has 5 nitrogen and oxygen atoms in total. The van der Waals surface area contributed by atoms with Gasteiger partial charge in [0.1, 0.15) is 0 Å². The molecule has 0 amide bonds. The molecule has 1 heterocycles. The molecule has 1 rings (SSSR count). The lowest BCUT2D eigenvalue weighted by molar-refractivity contribution is 0.0658. The molecule has 11 heavy (non-hydrogen) atoms. The van der Waals surface area contributed by atoms with Gasteiger partial charge in [-0.1, -0.05) is 6.92 Å². The lowest BCUT2D eigenvalue weighted by atomic mass is 10.3. The first kappa shape index (κ1) is 7.59. The first-order valence-electron chi connectivity index (χ1n) is 3.01. The summed E-state index contributed by atoms with van der Waals surface area (Å²) < 4.78 is 8.67. The van der Waals surface area contributed by atoms with Crippen LogP contribution in [0.1, 0.15) is 23.2 Å². The SMILES string of the molecule is CCc1oc(=O)oc1C(=O)O. The molecule has 0 aromatic carbocycles. The van der Waals surface area contributed by atoms with Crippen LogP contribution in [0, 0.1) is 0 Å². The smallest absolute Gasteiger partial charge is 0.475 e. The van der Waals surface area contributed by atoms with E-state index in [0.717, 1.165) is 0 Å². The fraction of sp³-hybridized carbons (Fsp3) is 0.333. The van der Waals surface area contributed by atoms with Crippen LogP contribution >= 0.6 is 0 Å². The summed E-state index contributed by atoms with van der Waals surface area (Å²) in [5.74, 6) is -2.59. The molecule has 0 aliphatic carbocycles. The Morgan fingerprint density at radius 3 is 2.55 bits per heavy atom. The standard InChI is InChI=1S/C6H6O5/c1-2-3-4(5(7)8)11-6(9)10-3/h2H2,1H3,(H,7,8). The molecule has 0 aliphatic rings. The van der Waals surface area contributed by atoms with E-state index in [4.69, 9.17) is 5.11 Å². The van der Waals surface area contributed by atoms with E-state index in [1.165, 1.54) is 0 Å². The van der Waals surface area contributed by atoms with Gasteiger partial charge in [-0.2, -0.15) is 0 Å². The van der Waals surface area contributed by atoms with E-state index in [0.29, 0.717) is 6.42 Å². The van der Waals surface area contributed by atoms with E-state index in [-0.39, 0.29) is 5.76 Å².